The zero-order chi connectivity index (χ0) is 26.5. The van der Waals surface area contributed by atoms with Crippen LogP contribution in [0.3, 0.4) is 0 Å². The molecule has 0 saturated heterocycles. The molecule has 36 heavy (non-hydrogen) atoms. The number of oxime groups is 1. The number of aryl methyl sites for hydroxylation is 1. The van der Waals surface area contributed by atoms with Gasteiger partial charge in [0.25, 0.3) is 5.91 Å². The highest BCUT2D eigenvalue weighted by atomic mass is 16.6. The largest absolute Gasteiger partial charge is 0.446 e. The third kappa shape index (κ3) is 6.71. The minimum Gasteiger partial charge on any atom is -0.446 e. The summed E-state index contributed by atoms with van der Waals surface area (Å²) < 4.78 is 11.1. The molecule has 3 rings (SSSR count). The smallest absolute Gasteiger partial charge is 0.261 e. The molecule has 2 aromatic heterocycles. The molecule has 0 fully saturated rings. The number of oxazole rings is 1. The van der Waals surface area contributed by atoms with Gasteiger partial charge in [-0.3, -0.25) is 4.79 Å². The van der Waals surface area contributed by atoms with Gasteiger partial charge in [-0.15, -0.1) is 0 Å². The number of rotatable bonds is 11. The fourth-order valence-electron chi connectivity index (χ4n) is 4.08. The summed E-state index contributed by atoms with van der Waals surface area (Å²) in [4.78, 5) is 25.8. The van der Waals surface area contributed by atoms with E-state index >= 15 is 0 Å². The predicted octanol–water partition coefficient (Wildman–Crippen LogP) is 3.04. The molecule has 0 saturated carbocycles. The van der Waals surface area contributed by atoms with Crippen LogP contribution in [0.15, 0.2) is 46.3 Å². The topological polar surface area (TPSA) is 142 Å². The summed E-state index contributed by atoms with van der Waals surface area (Å²) in [5, 5.41) is 28.3. The van der Waals surface area contributed by atoms with E-state index in [9.17, 15) is 15.0 Å². The summed E-state index contributed by atoms with van der Waals surface area (Å²) in [6.45, 7) is 8.56. The number of aromatic nitrogens is 2. The summed E-state index contributed by atoms with van der Waals surface area (Å²) >= 11 is 0. The summed E-state index contributed by atoms with van der Waals surface area (Å²) in [6, 6.07) is 7.36. The number of benzene rings is 1. The lowest BCUT2D eigenvalue weighted by atomic mass is 9.83. The van der Waals surface area contributed by atoms with Crippen LogP contribution in [0, 0.1) is 12.3 Å². The van der Waals surface area contributed by atoms with Gasteiger partial charge in [0.15, 0.2) is 6.61 Å². The van der Waals surface area contributed by atoms with E-state index in [1.807, 2.05) is 58.2 Å². The van der Waals surface area contributed by atoms with Crippen LogP contribution < -0.4 is 5.32 Å². The van der Waals surface area contributed by atoms with Crippen LogP contribution in [0.25, 0.3) is 10.9 Å². The lowest BCUT2D eigenvalue weighted by Gasteiger charge is -2.32. The fourth-order valence-corrected chi connectivity index (χ4v) is 4.08. The van der Waals surface area contributed by atoms with Crippen molar-refractivity contribution in [2.24, 2.45) is 10.6 Å². The van der Waals surface area contributed by atoms with E-state index in [-0.39, 0.29) is 5.71 Å². The van der Waals surface area contributed by atoms with E-state index in [1.54, 1.807) is 0 Å². The van der Waals surface area contributed by atoms with Crippen LogP contribution >= 0.6 is 0 Å². The summed E-state index contributed by atoms with van der Waals surface area (Å²) in [5.74, 6) is -0.0675. The van der Waals surface area contributed by atoms with E-state index in [2.05, 4.69) is 20.4 Å². The van der Waals surface area contributed by atoms with Crippen LogP contribution in [0.1, 0.15) is 50.9 Å². The summed E-state index contributed by atoms with van der Waals surface area (Å²) in [5.41, 5.74) is 2.36. The molecule has 1 aromatic carbocycles. The first-order chi connectivity index (χ1) is 17.0. The Balaban J connectivity index is 1.75. The SMILES string of the molecule is CO[C@H](/C(=N/OCC(=O)N[C@@H](Cc1c[nH]c2ccccc12)c1nc(C)co1)C(O)C(C)O)C(C)(C)C. The quantitative estimate of drug-likeness (QED) is 0.234. The number of carbonyl (C=O) groups is 1. The van der Waals surface area contributed by atoms with Crippen molar-refractivity contribution in [2.75, 3.05) is 13.7 Å². The van der Waals surface area contributed by atoms with Gasteiger partial charge in [0.2, 0.25) is 5.89 Å². The molecule has 196 valence electrons. The van der Waals surface area contributed by atoms with Crippen LogP contribution in [-0.4, -0.2) is 63.8 Å². The number of H-pyrrole nitrogens is 1. The Bertz CT molecular complexity index is 1180. The lowest BCUT2D eigenvalue weighted by Crippen LogP contribution is -2.46. The minimum absolute atomic E-state index is 0.103. The second kappa shape index (κ2) is 11.7. The Morgan fingerprint density at radius 3 is 2.61 bits per heavy atom. The molecule has 10 nitrogen and oxygen atoms in total. The number of nitrogens with one attached hydrogen (secondary N) is 2. The molecule has 2 heterocycles. The highest BCUT2D eigenvalue weighted by Crippen LogP contribution is 2.26. The van der Waals surface area contributed by atoms with Crippen LogP contribution in [0.4, 0.5) is 0 Å². The number of aliphatic hydroxyl groups is 2. The number of para-hydroxylation sites is 1. The van der Waals surface area contributed by atoms with Gasteiger partial charge in [-0.05, 0) is 30.9 Å². The second-order valence-electron chi connectivity index (χ2n) is 9.97. The molecular weight excluding hydrogens is 464 g/mol. The highest BCUT2D eigenvalue weighted by molar-refractivity contribution is 5.93. The van der Waals surface area contributed by atoms with Crippen molar-refractivity contribution in [3.05, 3.63) is 53.9 Å². The third-order valence-electron chi connectivity index (χ3n) is 5.79. The van der Waals surface area contributed by atoms with Crippen molar-refractivity contribution in [3.8, 4) is 0 Å². The van der Waals surface area contributed by atoms with E-state index in [4.69, 9.17) is 14.0 Å². The number of methoxy groups -OCH3 is 1. The number of aromatic amines is 1. The van der Waals surface area contributed by atoms with Gasteiger partial charge >= 0.3 is 0 Å². The van der Waals surface area contributed by atoms with Gasteiger partial charge in [0.1, 0.15) is 30.2 Å². The minimum atomic E-state index is -1.32. The van der Waals surface area contributed by atoms with Crippen molar-refractivity contribution < 1.29 is 29.0 Å². The summed E-state index contributed by atoms with van der Waals surface area (Å²) in [7, 11) is 1.49. The predicted molar refractivity (Wildman–Crippen MR) is 135 cm³/mol. The molecule has 0 aliphatic rings. The maximum atomic E-state index is 12.8. The Hall–Kier alpha value is -3.21. The Morgan fingerprint density at radius 2 is 2.00 bits per heavy atom. The fraction of sp³-hybridized carbons (Fsp3) is 0.500. The van der Waals surface area contributed by atoms with Crippen molar-refractivity contribution in [3.63, 3.8) is 0 Å². The van der Waals surface area contributed by atoms with Gasteiger partial charge in [-0.25, -0.2) is 4.98 Å². The number of carbonyl (C=O) groups excluding carboxylic acids is 1. The number of aliphatic hydroxyl groups excluding tert-OH is 2. The van der Waals surface area contributed by atoms with Crippen LogP contribution in [0.2, 0.25) is 0 Å². The number of hydrogen-bond acceptors (Lipinski definition) is 8. The van der Waals surface area contributed by atoms with Gasteiger partial charge in [0, 0.05) is 30.6 Å². The summed E-state index contributed by atoms with van der Waals surface area (Å²) in [6.07, 6.45) is 0.820. The molecule has 1 amide bonds. The molecule has 2 unspecified atom stereocenters. The zero-order valence-corrected chi connectivity index (χ0v) is 21.6. The number of amides is 1. The van der Waals surface area contributed by atoms with E-state index in [0.29, 0.717) is 18.0 Å². The first kappa shape index (κ1) is 27.4. The number of fused-ring (bicyclic) bond motifs is 1. The molecule has 0 aliphatic heterocycles. The average molecular weight is 501 g/mol. The highest BCUT2D eigenvalue weighted by Gasteiger charge is 2.36. The van der Waals surface area contributed by atoms with Crippen LogP contribution in [0.5, 0.6) is 0 Å². The van der Waals surface area contributed by atoms with Crippen molar-refractivity contribution in [2.45, 2.75) is 65.4 Å². The van der Waals surface area contributed by atoms with Gasteiger partial charge in [-0.2, -0.15) is 0 Å². The first-order valence-electron chi connectivity index (χ1n) is 11.9. The van der Waals surface area contributed by atoms with E-state index < -0.39 is 42.3 Å². The van der Waals surface area contributed by atoms with Crippen molar-refractivity contribution in [1.82, 2.24) is 15.3 Å². The average Bonchev–Trinajstić information content (AvgIpc) is 3.43. The number of nitrogens with zero attached hydrogens (tertiary/aromatic N) is 2. The number of ether oxygens (including phenoxy) is 1. The molecule has 0 bridgehead atoms. The van der Waals surface area contributed by atoms with Crippen molar-refractivity contribution >= 4 is 22.5 Å². The van der Waals surface area contributed by atoms with Crippen molar-refractivity contribution in [1.29, 1.82) is 0 Å². The maximum Gasteiger partial charge on any atom is 0.261 e. The standard InChI is InChI=1S/C26H36N4O6/c1-15-13-35-25(28-15)20(11-17-12-27-19-10-8-7-9-18(17)19)29-21(32)14-36-30-22(23(33)16(2)31)24(34-6)26(3,4)5/h7-10,12-13,16,20,23-24,27,31,33H,11,14H2,1-6H3,(H,29,32)/b30-22+/t16?,20-,23?,24+/m0/s1. The normalized spacial score (nSPS) is 15.9. The first-order valence-corrected chi connectivity index (χ1v) is 11.9. The molecule has 4 N–H and O–H groups in total. The lowest BCUT2D eigenvalue weighted by molar-refractivity contribution is -0.126. The van der Waals surface area contributed by atoms with Gasteiger partial charge in [-0.1, -0.05) is 44.1 Å². The monoisotopic (exact) mass is 500 g/mol. The van der Waals surface area contributed by atoms with E-state index in [0.717, 1.165) is 16.5 Å². The van der Waals surface area contributed by atoms with Gasteiger partial charge < -0.3 is 34.5 Å². The molecule has 0 radical (unpaired) electrons. The Labute approximate surface area is 210 Å². The Morgan fingerprint density at radius 1 is 1.28 bits per heavy atom. The number of hydrogen-bond donors (Lipinski definition) is 4. The van der Waals surface area contributed by atoms with E-state index in [1.165, 1.54) is 20.3 Å². The molecular formula is C26H36N4O6. The molecule has 4 atom stereocenters. The van der Waals surface area contributed by atoms with Gasteiger partial charge in [0.05, 0.1) is 11.8 Å². The molecule has 10 heteroatoms. The molecule has 3 aromatic rings. The Kier molecular flexibility index (Phi) is 8.89. The second-order valence-corrected chi connectivity index (χ2v) is 9.97. The van der Waals surface area contributed by atoms with Crippen LogP contribution in [-0.2, 0) is 20.8 Å². The maximum absolute atomic E-state index is 12.8. The molecule has 0 aliphatic carbocycles. The zero-order valence-electron chi connectivity index (χ0n) is 21.6. The molecule has 0 spiro atoms. The third-order valence-corrected chi connectivity index (χ3v) is 5.79.